The Labute approximate surface area is 128 Å². The summed E-state index contributed by atoms with van der Waals surface area (Å²) in [5.74, 6) is 1.39. The molecule has 0 unspecified atom stereocenters. The molecule has 2 nitrogen and oxygen atoms in total. The van der Waals surface area contributed by atoms with Crippen molar-refractivity contribution in [2.24, 2.45) is 0 Å². The van der Waals surface area contributed by atoms with E-state index in [2.05, 4.69) is 47.4 Å². The van der Waals surface area contributed by atoms with Gasteiger partial charge in [-0.1, -0.05) is 54.1 Å². The topological polar surface area (TPSA) is 25.8 Å². The van der Waals surface area contributed by atoms with E-state index in [0.29, 0.717) is 11.1 Å². The van der Waals surface area contributed by atoms with Crippen molar-refractivity contribution in [1.82, 2.24) is 9.97 Å². The summed E-state index contributed by atoms with van der Waals surface area (Å²) < 4.78 is 0. The van der Waals surface area contributed by atoms with E-state index in [1.165, 1.54) is 23.6 Å². The molecule has 0 atom stereocenters. The van der Waals surface area contributed by atoms with Crippen molar-refractivity contribution in [3.05, 3.63) is 59.0 Å². The van der Waals surface area contributed by atoms with Crippen molar-refractivity contribution in [2.45, 2.75) is 25.7 Å². The van der Waals surface area contributed by atoms with E-state index in [-0.39, 0.29) is 0 Å². The molecule has 3 heteroatoms. The van der Waals surface area contributed by atoms with Crippen LogP contribution < -0.4 is 0 Å². The second kappa shape index (κ2) is 4.81. The highest BCUT2D eigenvalue weighted by atomic mass is 35.5. The van der Waals surface area contributed by atoms with Crippen LogP contribution in [-0.2, 0) is 0 Å². The van der Waals surface area contributed by atoms with Crippen LogP contribution in [0.5, 0.6) is 0 Å². The minimum absolute atomic E-state index is 0.497. The van der Waals surface area contributed by atoms with Crippen LogP contribution in [0.2, 0.25) is 5.15 Å². The van der Waals surface area contributed by atoms with Gasteiger partial charge in [0.05, 0.1) is 5.69 Å². The van der Waals surface area contributed by atoms with Crippen LogP contribution in [0.25, 0.3) is 22.0 Å². The van der Waals surface area contributed by atoms with Crippen LogP contribution in [0.4, 0.5) is 0 Å². The number of halogens is 1. The fourth-order valence-electron chi connectivity index (χ4n) is 2.72. The summed E-state index contributed by atoms with van der Waals surface area (Å²) in [5, 5.41) is 3.01. The van der Waals surface area contributed by atoms with Crippen molar-refractivity contribution in [2.75, 3.05) is 0 Å². The van der Waals surface area contributed by atoms with Gasteiger partial charge in [0.15, 0.2) is 0 Å². The van der Waals surface area contributed by atoms with Crippen molar-refractivity contribution in [3.63, 3.8) is 0 Å². The molecular formula is C18H15ClN2. The molecule has 0 amide bonds. The van der Waals surface area contributed by atoms with Crippen LogP contribution in [0.15, 0.2) is 42.5 Å². The van der Waals surface area contributed by atoms with Gasteiger partial charge in [0.1, 0.15) is 11.0 Å². The Morgan fingerprint density at radius 2 is 1.76 bits per heavy atom. The van der Waals surface area contributed by atoms with E-state index in [0.717, 1.165) is 22.6 Å². The number of hydrogen-bond donors (Lipinski definition) is 0. The minimum Gasteiger partial charge on any atom is -0.232 e. The first-order valence-corrected chi connectivity index (χ1v) is 7.64. The molecule has 0 aliphatic heterocycles. The molecule has 2 aromatic carbocycles. The predicted octanol–water partition coefficient (Wildman–Crippen LogP) is 5.14. The van der Waals surface area contributed by atoms with Gasteiger partial charge in [-0.2, -0.15) is 0 Å². The molecule has 0 spiro atoms. The number of benzene rings is 2. The molecule has 4 rings (SSSR count). The third-order valence-electron chi connectivity index (χ3n) is 4.09. The fourth-order valence-corrected chi connectivity index (χ4v) is 2.90. The summed E-state index contributed by atoms with van der Waals surface area (Å²) in [6, 6.07) is 14.7. The van der Waals surface area contributed by atoms with E-state index in [4.69, 9.17) is 16.6 Å². The summed E-state index contributed by atoms with van der Waals surface area (Å²) in [7, 11) is 0. The Morgan fingerprint density at radius 1 is 1.00 bits per heavy atom. The SMILES string of the molecule is Cc1c(Cl)nc(C2CC2)nc1-c1cccc2ccccc12. The van der Waals surface area contributed by atoms with Gasteiger partial charge in [-0.05, 0) is 30.5 Å². The van der Waals surface area contributed by atoms with E-state index >= 15 is 0 Å². The Bertz CT molecular complexity index is 832. The lowest BCUT2D eigenvalue weighted by molar-refractivity contribution is 0.922. The number of aromatic nitrogens is 2. The van der Waals surface area contributed by atoms with E-state index in [9.17, 15) is 0 Å². The minimum atomic E-state index is 0.497. The van der Waals surface area contributed by atoms with Gasteiger partial charge in [0, 0.05) is 17.0 Å². The second-order valence-corrected chi connectivity index (χ2v) is 6.01. The quantitative estimate of drug-likeness (QED) is 0.612. The summed E-state index contributed by atoms with van der Waals surface area (Å²) >= 11 is 6.34. The highest BCUT2D eigenvalue weighted by Crippen LogP contribution is 2.40. The van der Waals surface area contributed by atoms with Crippen molar-refractivity contribution in [1.29, 1.82) is 0 Å². The molecule has 1 aromatic heterocycles. The lowest BCUT2D eigenvalue weighted by atomic mass is 10.00. The first-order chi connectivity index (χ1) is 10.2. The van der Waals surface area contributed by atoms with Crippen LogP contribution in [0.1, 0.15) is 30.1 Å². The van der Waals surface area contributed by atoms with Gasteiger partial charge >= 0.3 is 0 Å². The number of nitrogens with zero attached hydrogens (tertiary/aromatic N) is 2. The van der Waals surface area contributed by atoms with E-state index in [1.54, 1.807) is 0 Å². The number of rotatable bonds is 2. The molecule has 1 fully saturated rings. The molecule has 0 bridgehead atoms. The first kappa shape index (κ1) is 12.8. The highest BCUT2D eigenvalue weighted by molar-refractivity contribution is 6.30. The second-order valence-electron chi connectivity index (χ2n) is 5.65. The van der Waals surface area contributed by atoms with Gasteiger partial charge < -0.3 is 0 Å². The molecule has 104 valence electrons. The van der Waals surface area contributed by atoms with Gasteiger partial charge in [0.25, 0.3) is 0 Å². The zero-order valence-electron chi connectivity index (χ0n) is 11.8. The highest BCUT2D eigenvalue weighted by Gasteiger charge is 2.28. The molecule has 0 N–H and O–H groups in total. The molecule has 21 heavy (non-hydrogen) atoms. The Balaban J connectivity index is 2.00. The maximum absolute atomic E-state index is 6.34. The Morgan fingerprint density at radius 3 is 2.57 bits per heavy atom. The molecule has 3 aromatic rings. The number of hydrogen-bond acceptors (Lipinski definition) is 2. The monoisotopic (exact) mass is 294 g/mol. The molecule has 1 saturated carbocycles. The van der Waals surface area contributed by atoms with Gasteiger partial charge in [-0.25, -0.2) is 9.97 Å². The average Bonchev–Trinajstić information content (AvgIpc) is 3.34. The van der Waals surface area contributed by atoms with Gasteiger partial charge in [0.2, 0.25) is 0 Å². The maximum Gasteiger partial charge on any atom is 0.136 e. The lowest BCUT2D eigenvalue weighted by Gasteiger charge is -2.11. The lowest BCUT2D eigenvalue weighted by Crippen LogP contribution is -1.99. The van der Waals surface area contributed by atoms with Crippen LogP contribution in [-0.4, -0.2) is 9.97 Å². The van der Waals surface area contributed by atoms with Crippen LogP contribution >= 0.6 is 11.6 Å². The molecule has 0 saturated heterocycles. The summed E-state index contributed by atoms with van der Waals surface area (Å²) in [6.07, 6.45) is 2.35. The smallest absolute Gasteiger partial charge is 0.136 e. The molecule has 1 aliphatic carbocycles. The maximum atomic E-state index is 6.34. The fraction of sp³-hybridized carbons (Fsp3) is 0.222. The van der Waals surface area contributed by atoms with Gasteiger partial charge in [-0.15, -0.1) is 0 Å². The number of fused-ring (bicyclic) bond motifs is 1. The first-order valence-electron chi connectivity index (χ1n) is 7.26. The average molecular weight is 295 g/mol. The third-order valence-corrected chi connectivity index (χ3v) is 4.46. The Kier molecular flexibility index (Phi) is 2.93. The van der Waals surface area contributed by atoms with Gasteiger partial charge in [-0.3, -0.25) is 0 Å². The molecule has 1 heterocycles. The van der Waals surface area contributed by atoms with Crippen LogP contribution in [0, 0.1) is 6.92 Å². The summed E-state index contributed by atoms with van der Waals surface area (Å²) in [6.45, 7) is 2.00. The van der Waals surface area contributed by atoms with Crippen molar-refractivity contribution < 1.29 is 0 Å². The van der Waals surface area contributed by atoms with Crippen molar-refractivity contribution in [3.8, 4) is 11.3 Å². The zero-order chi connectivity index (χ0) is 14.4. The predicted molar refractivity (Wildman–Crippen MR) is 86.7 cm³/mol. The largest absolute Gasteiger partial charge is 0.232 e. The molecule has 0 radical (unpaired) electrons. The standard InChI is InChI=1S/C18H15ClN2/c1-11-16(20-18(13-9-10-13)21-17(11)19)15-8-4-6-12-5-2-3-7-14(12)15/h2-8,13H,9-10H2,1H3. The molecule has 1 aliphatic rings. The van der Waals surface area contributed by atoms with E-state index < -0.39 is 0 Å². The van der Waals surface area contributed by atoms with Crippen LogP contribution in [0.3, 0.4) is 0 Å². The Hall–Kier alpha value is -1.93. The molecular weight excluding hydrogens is 280 g/mol. The zero-order valence-corrected chi connectivity index (χ0v) is 12.6. The summed E-state index contributed by atoms with van der Waals surface area (Å²) in [4.78, 5) is 9.28. The summed E-state index contributed by atoms with van der Waals surface area (Å²) in [5.41, 5.74) is 3.06. The van der Waals surface area contributed by atoms with E-state index in [1.807, 2.05) is 6.92 Å². The van der Waals surface area contributed by atoms with Crippen molar-refractivity contribution >= 4 is 22.4 Å². The normalized spacial score (nSPS) is 14.6. The third kappa shape index (κ3) is 2.20.